The maximum Gasteiger partial charge on any atom is 0.288 e. The minimum absolute atomic E-state index is 0.135. The molecule has 0 atom stereocenters. The number of anilines is 2. The van der Waals surface area contributed by atoms with E-state index in [1.807, 2.05) is 66.7 Å². The van der Waals surface area contributed by atoms with E-state index in [0.29, 0.717) is 11.3 Å². The van der Waals surface area contributed by atoms with Gasteiger partial charge in [0.15, 0.2) is 0 Å². The molecule has 0 saturated carbocycles. The standard InChI is InChI=1S/C21H11N3O/c22-11-16-19-14-9-10-17(23-12-5-2-1-3-6-12)13-7-4-8-15(18(13)14)20(19)24-21(16)25/h1-10,23H. The fraction of sp³-hybridized carbons (Fsp3) is 0. The van der Waals surface area contributed by atoms with Crippen molar-refractivity contribution in [3.8, 4) is 6.07 Å². The van der Waals surface area contributed by atoms with E-state index in [2.05, 4.69) is 10.3 Å². The van der Waals surface area contributed by atoms with Crippen molar-refractivity contribution in [2.45, 2.75) is 0 Å². The second kappa shape index (κ2) is 4.89. The summed E-state index contributed by atoms with van der Waals surface area (Å²) in [5.41, 5.74) is 5.24. The van der Waals surface area contributed by atoms with Gasteiger partial charge in [-0.25, -0.2) is 4.99 Å². The van der Waals surface area contributed by atoms with Gasteiger partial charge >= 0.3 is 0 Å². The molecule has 0 saturated heterocycles. The Hall–Kier alpha value is -3.71. The molecule has 0 aromatic heterocycles. The third-order valence-corrected chi connectivity index (χ3v) is 4.64. The zero-order valence-corrected chi connectivity index (χ0v) is 13.1. The second-order valence-electron chi connectivity index (χ2n) is 6.01. The van der Waals surface area contributed by atoms with Gasteiger partial charge in [0, 0.05) is 33.3 Å². The molecule has 0 unspecified atom stereocenters. The molecule has 1 amide bonds. The van der Waals surface area contributed by atoms with Crippen LogP contribution in [0.1, 0.15) is 11.1 Å². The van der Waals surface area contributed by atoms with Crippen LogP contribution in [0, 0.1) is 11.3 Å². The van der Waals surface area contributed by atoms with Gasteiger partial charge in [0.25, 0.3) is 5.91 Å². The summed E-state index contributed by atoms with van der Waals surface area (Å²) in [4.78, 5) is 16.1. The Labute approximate surface area is 143 Å². The van der Waals surface area contributed by atoms with Crippen molar-refractivity contribution in [2.24, 2.45) is 4.99 Å². The Bertz CT molecular complexity index is 1180. The molecule has 4 heteroatoms. The number of rotatable bonds is 2. The van der Waals surface area contributed by atoms with Gasteiger partial charge in [0.05, 0.1) is 5.71 Å². The topological polar surface area (TPSA) is 65.2 Å². The van der Waals surface area contributed by atoms with Gasteiger partial charge < -0.3 is 5.32 Å². The Kier molecular flexibility index (Phi) is 2.68. The zero-order valence-electron chi connectivity index (χ0n) is 13.1. The average Bonchev–Trinajstić information content (AvgIpc) is 3.13. The van der Waals surface area contributed by atoms with Crippen LogP contribution in [-0.4, -0.2) is 11.6 Å². The lowest BCUT2D eigenvalue weighted by atomic mass is 10.00. The molecule has 3 aromatic carbocycles. The summed E-state index contributed by atoms with van der Waals surface area (Å²) < 4.78 is 0. The van der Waals surface area contributed by atoms with Gasteiger partial charge in [0.1, 0.15) is 11.6 Å². The van der Waals surface area contributed by atoms with E-state index in [1.165, 1.54) is 0 Å². The maximum atomic E-state index is 12.0. The van der Waals surface area contributed by atoms with Gasteiger partial charge in [-0.05, 0) is 23.8 Å². The van der Waals surface area contributed by atoms with E-state index < -0.39 is 5.91 Å². The summed E-state index contributed by atoms with van der Waals surface area (Å²) in [6.45, 7) is 0. The first-order valence-corrected chi connectivity index (χ1v) is 7.94. The Balaban J connectivity index is 1.77. The SMILES string of the molecule is N#CC1=C2C(=NC1=O)c1cccc3c(Nc4ccccc4)ccc2c13. The number of allylic oxidation sites excluding steroid dienone is 1. The van der Waals surface area contributed by atoms with Crippen LogP contribution in [0.3, 0.4) is 0 Å². The van der Waals surface area contributed by atoms with Crippen molar-refractivity contribution in [3.05, 3.63) is 77.4 Å². The monoisotopic (exact) mass is 321 g/mol. The summed E-state index contributed by atoms with van der Waals surface area (Å²) in [6, 6.07) is 21.9. The highest BCUT2D eigenvalue weighted by molar-refractivity contribution is 6.50. The number of aliphatic imine (C=N–C) groups is 1. The van der Waals surface area contributed by atoms with Crippen LogP contribution < -0.4 is 5.32 Å². The van der Waals surface area contributed by atoms with Crippen molar-refractivity contribution >= 4 is 39.3 Å². The fourth-order valence-corrected chi connectivity index (χ4v) is 3.60. The number of nitriles is 1. The van der Waals surface area contributed by atoms with E-state index in [1.54, 1.807) is 0 Å². The van der Waals surface area contributed by atoms with Gasteiger partial charge in [-0.1, -0.05) is 42.5 Å². The summed E-state index contributed by atoms with van der Waals surface area (Å²) in [6.07, 6.45) is 0. The third kappa shape index (κ3) is 1.81. The third-order valence-electron chi connectivity index (χ3n) is 4.64. The molecule has 25 heavy (non-hydrogen) atoms. The van der Waals surface area contributed by atoms with E-state index in [4.69, 9.17) is 0 Å². The minimum atomic E-state index is -0.443. The molecule has 0 radical (unpaired) electrons. The number of hydrogen-bond donors (Lipinski definition) is 1. The van der Waals surface area contributed by atoms with Crippen LogP contribution in [0.15, 0.2) is 71.2 Å². The summed E-state index contributed by atoms with van der Waals surface area (Å²) in [5, 5.41) is 14.9. The van der Waals surface area contributed by atoms with Crippen LogP contribution in [0.2, 0.25) is 0 Å². The van der Waals surface area contributed by atoms with Crippen LogP contribution in [0.5, 0.6) is 0 Å². The molecule has 116 valence electrons. The highest BCUT2D eigenvalue weighted by Crippen LogP contribution is 2.44. The number of hydrogen-bond acceptors (Lipinski definition) is 3. The van der Waals surface area contributed by atoms with Crippen molar-refractivity contribution in [1.29, 1.82) is 5.26 Å². The van der Waals surface area contributed by atoms with E-state index in [0.717, 1.165) is 33.3 Å². The number of para-hydroxylation sites is 1. The molecule has 0 fully saturated rings. The summed E-state index contributed by atoms with van der Waals surface area (Å²) >= 11 is 0. The average molecular weight is 321 g/mol. The lowest BCUT2D eigenvalue weighted by Gasteiger charge is -2.11. The first-order valence-electron chi connectivity index (χ1n) is 7.94. The van der Waals surface area contributed by atoms with Crippen molar-refractivity contribution in [1.82, 2.24) is 0 Å². The maximum absolute atomic E-state index is 12.0. The molecule has 3 aromatic rings. The molecule has 1 aliphatic heterocycles. The van der Waals surface area contributed by atoms with Crippen LogP contribution in [0.25, 0.3) is 16.3 Å². The molecule has 2 aliphatic rings. The predicted octanol–water partition coefficient (Wildman–Crippen LogP) is 4.20. The zero-order chi connectivity index (χ0) is 17.0. The number of carbonyl (C=O) groups excluding carboxylic acids is 1. The molecular weight excluding hydrogens is 310 g/mol. The van der Waals surface area contributed by atoms with Gasteiger partial charge in [-0.15, -0.1) is 0 Å². The number of benzene rings is 3. The highest BCUT2D eigenvalue weighted by atomic mass is 16.1. The Morgan fingerprint density at radius 2 is 1.76 bits per heavy atom. The van der Waals surface area contributed by atoms with E-state index in [-0.39, 0.29) is 5.57 Å². The van der Waals surface area contributed by atoms with Gasteiger partial charge in [0.2, 0.25) is 0 Å². The van der Waals surface area contributed by atoms with Crippen molar-refractivity contribution in [3.63, 3.8) is 0 Å². The molecule has 5 rings (SSSR count). The number of carbonyl (C=O) groups is 1. The van der Waals surface area contributed by atoms with Crippen LogP contribution >= 0.6 is 0 Å². The Morgan fingerprint density at radius 3 is 2.56 bits per heavy atom. The quantitative estimate of drug-likeness (QED) is 0.769. The summed E-state index contributed by atoms with van der Waals surface area (Å²) in [5.74, 6) is -0.443. The molecule has 1 aliphatic carbocycles. The normalized spacial score (nSPS) is 14.5. The molecule has 4 nitrogen and oxygen atoms in total. The highest BCUT2D eigenvalue weighted by Gasteiger charge is 2.36. The lowest BCUT2D eigenvalue weighted by molar-refractivity contribution is -0.113. The lowest BCUT2D eigenvalue weighted by Crippen LogP contribution is -1.95. The molecular formula is C21H11N3O. The van der Waals surface area contributed by atoms with E-state index in [9.17, 15) is 10.1 Å². The van der Waals surface area contributed by atoms with Crippen molar-refractivity contribution < 1.29 is 4.79 Å². The van der Waals surface area contributed by atoms with Gasteiger partial charge in [-0.2, -0.15) is 5.26 Å². The van der Waals surface area contributed by atoms with E-state index >= 15 is 0 Å². The summed E-state index contributed by atoms with van der Waals surface area (Å²) in [7, 11) is 0. The number of fused-ring (bicyclic) bond motifs is 3. The van der Waals surface area contributed by atoms with Crippen LogP contribution in [0.4, 0.5) is 11.4 Å². The Morgan fingerprint density at radius 1 is 0.920 bits per heavy atom. The minimum Gasteiger partial charge on any atom is -0.355 e. The van der Waals surface area contributed by atoms with Crippen molar-refractivity contribution in [2.75, 3.05) is 5.32 Å². The fourth-order valence-electron chi connectivity index (χ4n) is 3.60. The molecule has 0 spiro atoms. The number of nitrogens with one attached hydrogen (secondary N) is 1. The largest absolute Gasteiger partial charge is 0.355 e. The molecule has 1 heterocycles. The van der Waals surface area contributed by atoms with Crippen LogP contribution in [-0.2, 0) is 4.79 Å². The second-order valence-corrected chi connectivity index (χ2v) is 6.01. The van der Waals surface area contributed by atoms with Gasteiger partial charge in [-0.3, -0.25) is 4.79 Å². The number of nitrogens with zero attached hydrogens (tertiary/aromatic N) is 2. The predicted molar refractivity (Wildman–Crippen MR) is 97.7 cm³/mol. The first-order chi connectivity index (χ1) is 12.3. The number of amides is 1. The first kappa shape index (κ1) is 13.7. The molecule has 1 N–H and O–H groups in total. The molecule has 0 bridgehead atoms. The smallest absolute Gasteiger partial charge is 0.288 e.